The van der Waals surface area contributed by atoms with E-state index in [4.69, 9.17) is 4.42 Å². The predicted molar refractivity (Wildman–Crippen MR) is 89.8 cm³/mol. The molecule has 25 heavy (non-hydrogen) atoms. The summed E-state index contributed by atoms with van der Waals surface area (Å²) in [5.74, 6) is -0.0105. The summed E-state index contributed by atoms with van der Waals surface area (Å²) in [6, 6.07) is 12.8. The van der Waals surface area contributed by atoms with Gasteiger partial charge in [-0.05, 0) is 48.4 Å². The van der Waals surface area contributed by atoms with Gasteiger partial charge in [0.25, 0.3) is 11.5 Å². The summed E-state index contributed by atoms with van der Waals surface area (Å²) < 4.78 is 18.2. The normalized spacial score (nSPS) is 18.8. The van der Waals surface area contributed by atoms with E-state index in [1.54, 1.807) is 30.3 Å². The number of hydrogen-bond donors (Lipinski definition) is 2. The van der Waals surface area contributed by atoms with Crippen molar-refractivity contribution < 1.29 is 13.6 Å². The van der Waals surface area contributed by atoms with Crippen LogP contribution in [0.1, 0.15) is 28.3 Å². The van der Waals surface area contributed by atoms with Crippen LogP contribution in [0.25, 0.3) is 11.5 Å². The molecule has 2 heterocycles. The largest absolute Gasteiger partial charge is 0.463 e. The van der Waals surface area contributed by atoms with Crippen molar-refractivity contribution in [2.75, 3.05) is 0 Å². The van der Waals surface area contributed by atoms with Crippen molar-refractivity contribution in [2.45, 2.75) is 18.4 Å². The highest BCUT2D eigenvalue weighted by atomic mass is 19.1. The first kappa shape index (κ1) is 15.4. The quantitative estimate of drug-likeness (QED) is 0.768. The van der Waals surface area contributed by atoms with Gasteiger partial charge in [0.05, 0.1) is 12.0 Å². The zero-order valence-electron chi connectivity index (χ0n) is 13.2. The van der Waals surface area contributed by atoms with Crippen molar-refractivity contribution in [3.63, 3.8) is 0 Å². The number of aromatic nitrogens is 1. The van der Waals surface area contributed by atoms with Crippen LogP contribution in [-0.2, 0) is 0 Å². The second kappa shape index (κ2) is 6.05. The van der Waals surface area contributed by atoms with Crippen LogP contribution in [0, 0.1) is 5.82 Å². The van der Waals surface area contributed by atoms with Crippen LogP contribution in [0.3, 0.4) is 0 Å². The molecule has 0 unspecified atom stereocenters. The number of halogens is 1. The third-order valence-corrected chi connectivity index (χ3v) is 4.35. The van der Waals surface area contributed by atoms with Crippen molar-refractivity contribution in [1.29, 1.82) is 0 Å². The molecule has 2 N–H and O–H groups in total. The Kier molecular flexibility index (Phi) is 3.72. The third kappa shape index (κ3) is 3.10. The summed E-state index contributed by atoms with van der Waals surface area (Å²) in [6.45, 7) is 0. The number of pyridine rings is 1. The Labute approximate surface area is 142 Å². The van der Waals surface area contributed by atoms with E-state index in [1.165, 1.54) is 24.5 Å². The number of rotatable bonds is 4. The first-order valence-corrected chi connectivity index (χ1v) is 7.95. The third-order valence-electron chi connectivity index (χ3n) is 4.35. The predicted octanol–water partition coefficient (Wildman–Crippen LogP) is 3.06. The van der Waals surface area contributed by atoms with Crippen LogP contribution in [-0.4, -0.2) is 16.9 Å². The highest BCUT2D eigenvalue weighted by Gasteiger charge is 2.39. The molecule has 3 aromatic rings. The van der Waals surface area contributed by atoms with Crippen molar-refractivity contribution in [2.24, 2.45) is 0 Å². The minimum atomic E-state index is -0.467. The lowest BCUT2D eigenvalue weighted by atomic mass is 10.1. The van der Waals surface area contributed by atoms with Gasteiger partial charge in [0.1, 0.15) is 17.1 Å². The SMILES string of the molecule is O=C(N[C@@H]1C[C@H]1c1ccc(F)cc1)c1ccc(-c2ccco2)[nH]c1=O. The van der Waals surface area contributed by atoms with Gasteiger partial charge in [-0.15, -0.1) is 0 Å². The summed E-state index contributed by atoms with van der Waals surface area (Å²) in [4.78, 5) is 27.1. The van der Waals surface area contributed by atoms with E-state index in [-0.39, 0.29) is 23.3 Å². The van der Waals surface area contributed by atoms with Gasteiger partial charge < -0.3 is 14.7 Å². The number of furan rings is 1. The summed E-state index contributed by atoms with van der Waals surface area (Å²) in [5, 5.41) is 2.85. The number of aromatic amines is 1. The molecule has 1 aliphatic carbocycles. The van der Waals surface area contributed by atoms with Gasteiger partial charge in [-0.25, -0.2) is 4.39 Å². The van der Waals surface area contributed by atoms with Gasteiger partial charge >= 0.3 is 0 Å². The Balaban J connectivity index is 1.45. The second-order valence-electron chi connectivity index (χ2n) is 6.07. The molecule has 0 saturated heterocycles. The lowest BCUT2D eigenvalue weighted by molar-refractivity contribution is 0.0949. The van der Waals surface area contributed by atoms with Crippen LogP contribution in [0.2, 0.25) is 0 Å². The van der Waals surface area contributed by atoms with Crippen LogP contribution in [0.4, 0.5) is 4.39 Å². The maximum Gasteiger partial charge on any atom is 0.261 e. The fraction of sp³-hybridized carbons (Fsp3) is 0.158. The topological polar surface area (TPSA) is 75.1 Å². The molecule has 0 bridgehead atoms. The fourth-order valence-corrected chi connectivity index (χ4v) is 2.91. The van der Waals surface area contributed by atoms with Gasteiger partial charge in [0, 0.05) is 12.0 Å². The highest BCUT2D eigenvalue weighted by Crippen LogP contribution is 2.40. The van der Waals surface area contributed by atoms with Crippen LogP contribution in [0.15, 0.2) is 64.0 Å². The second-order valence-corrected chi connectivity index (χ2v) is 6.07. The molecule has 1 aromatic carbocycles. The first-order valence-electron chi connectivity index (χ1n) is 7.95. The number of benzene rings is 1. The Bertz CT molecular complexity index is 961. The summed E-state index contributed by atoms with van der Waals surface area (Å²) in [5.41, 5.74) is 1.08. The molecule has 1 fully saturated rings. The van der Waals surface area contributed by atoms with E-state index in [2.05, 4.69) is 10.3 Å². The van der Waals surface area contributed by atoms with Crippen LogP contribution >= 0.6 is 0 Å². The molecular formula is C19H15FN2O3. The molecule has 6 heteroatoms. The Morgan fingerprint density at radius 1 is 1.16 bits per heavy atom. The number of amides is 1. The van der Waals surface area contributed by atoms with Gasteiger partial charge in [-0.3, -0.25) is 9.59 Å². The first-order chi connectivity index (χ1) is 12.1. The van der Waals surface area contributed by atoms with Crippen molar-refractivity contribution in [1.82, 2.24) is 10.3 Å². The molecule has 2 aromatic heterocycles. The van der Waals surface area contributed by atoms with Gasteiger partial charge in [0.2, 0.25) is 0 Å². The highest BCUT2D eigenvalue weighted by molar-refractivity contribution is 5.94. The average Bonchev–Trinajstić information content (AvgIpc) is 3.14. The summed E-state index contributed by atoms with van der Waals surface area (Å²) >= 11 is 0. The zero-order valence-corrected chi connectivity index (χ0v) is 13.2. The van der Waals surface area contributed by atoms with E-state index in [1.807, 2.05) is 0 Å². The Morgan fingerprint density at radius 3 is 2.64 bits per heavy atom. The number of H-pyrrole nitrogens is 1. The smallest absolute Gasteiger partial charge is 0.261 e. The Morgan fingerprint density at radius 2 is 1.96 bits per heavy atom. The molecule has 4 rings (SSSR count). The average molecular weight is 338 g/mol. The molecule has 2 atom stereocenters. The Hall–Kier alpha value is -3.15. The number of carbonyl (C=O) groups is 1. The van der Waals surface area contributed by atoms with E-state index < -0.39 is 11.5 Å². The van der Waals surface area contributed by atoms with Gasteiger partial charge in [0.15, 0.2) is 0 Å². The lowest BCUT2D eigenvalue weighted by Gasteiger charge is -2.05. The molecule has 0 radical (unpaired) electrons. The van der Waals surface area contributed by atoms with Crippen LogP contribution in [0.5, 0.6) is 0 Å². The molecule has 0 spiro atoms. The van der Waals surface area contributed by atoms with E-state index in [9.17, 15) is 14.0 Å². The van der Waals surface area contributed by atoms with Crippen LogP contribution < -0.4 is 10.9 Å². The minimum absolute atomic E-state index is 0.0397. The molecule has 1 amide bonds. The zero-order chi connectivity index (χ0) is 17.4. The molecule has 126 valence electrons. The lowest BCUT2D eigenvalue weighted by Crippen LogP contribution is -2.31. The monoisotopic (exact) mass is 338 g/mol. The van der Waals surface area contributed by atoms with Crippen molar-refractivity contribution in [3.8, 4) is 11.5 Å². The van der Waals surface area contributed by atoms with E-state index in [0.29, 0.717) is 11.5 Å². The van der Waals surface area contributed by atoms with Crippen molar-refractivity contribution >= 4 is 5.91 Å². The van der Waals surface area contributed by atoms with Gasteiger partial charge in [-0.1, -0.05) is 12.1 Å². The summed E-state index contributed by atoms with van der Waals surface area (Å²) in [7, 11) is 0. The molecule has 5 nitrogen and oxygen atoms in total. The van der Waals surface area contributed by atoms with Gasteiger partial charge in [-0.2, -0.15) is 0 Å². The number of hydrogen-bond acceptors (Lipinski definition) is 3. The van der Waals surface area contributed by atoms with E-state index in [0.717, 1.165) is 12.0 Å². The minimum Gasteiger partial charge on any atom is -0.463 e. The van der Waals surface area contributed by atoms with E-state index >= 15 is 0 Å². The molecule has 1 saturated carbocycles. The maximum atomic E-state index is 13.0. The fourth-order valence-electron chi connectivity index (χ4n) is 2.91. The summed E-state index contributed by atoms with van der Waals surface area (Å²) in [6.07, 6.45) is 2.29. The van der Waals surface area contributed by atoms with Crippen molar-refractivity contribution in [3.05, 3.63) is 82.1 Å². The number of carbonyl (C=O) groups excluding carboxylic acids is 1. The number of nitrogens with one attached hydrogen (secondary N) is 2. The molecule has 1 aliphatic rings. The molecular weight excluding hydrogens is 323 g/mol. The molecule has 0 aliphatic heterocycles. The standard InChI is InChI=1S/C19H15FN2O3/c20-12-5-3-11(4-6-12)14-10-16(14)22-19(24)13-7-8-15(21-18(13)23)17-2-1-9-25-17/h1-9,14,16H,10H2,(H,21,23)(H,22,24)/t14-,16+/m0/s1. The maximum absolute atomic E-state index is 13.0.